The van der Waals surface area contributed by atoms with Crippen LogP contribution in [0.4, 0.5) is 5.69 Å². The lowest BCUT2D eigenvalue weighted by Crippen LogP contribution is -2.12. The highest BCUT2D eigenvalue weighted by atomic mass is 32.1. The molecule has 3 nitrogen and oxygen atoms in total. The zero-order valence-corrected chi connectivity index (χ0v) is 12.3. The van der Waals surface area contributed by atoms with Crippen molar-refractivity contribution in [2.75, 3.05) is 5.32 Å². The Balaban J connectivity index is 1.88. The van der Waals surface area contributed by atoms with E-state index in [-0.39, 0.29) is 5.91 Å². The lowest BCUT2D eigenvalue weighted by atomic mass is 10.2. The number of anilines is 1. The summed E-state index contributed by atoms with van der Waals surface area (Å²) >= 11 is 1.67. The maximum absolute atomic E-state index is 11.9. The molecule has 0 fully saturated rings. The minimum Gasteiger partial charge on any atom is -0.326 e. The van der Waals surface area contributed by atoms with E-state index in [1.165, 1.54) is 10.4 Å². The number of hydrogen-bond acceptors (Lipinski definition) is 3. The number of aromatic nitrogens is 1. The second-order valence-corrected chi connectivity index (χ2v) is 5.94. The summed E-state index contributed by atoms with van der Waals surface area (Å²) < 4.78 is 0. The Kier molecular flexibility index (Phi) is 4.32. The molecule has 0 aliphatic carbocycles. The van der Waals surface area contributed by atoms with Crippen molar-refractivity contribution in [1.82, 2.24) is 4.98 Å². The second-order valence-electron chi connectivity index (χ2n) is 4.66. The molecular weight excluding hydrogens is 256 g/mol. The van der Waals surface area contributed by atoms with Gasteiger partial charge in [0, 0.05) is 17.0 Å². The average molecular weight is 274 g/mol. The van der Waals surface area contributed by atoms with Crippen LogP contribution in [0.15, 0.2) is 24.3 Å². The molecule has 0 aliphatic rings. The van der Waals surface area contributed by atoms with Crippen LogP contribution in [0.2, 0.25) is 0 Å². The van der Waals surface area contributed by atoms with Crippen LogP contribution >= 0.6 is 11.3 Å². The van der Waals surface area contributed by atoms with Crippen molar-refractivity contribution in [2.45, 2.75) is 33.6 Å². The van der Waals surface area contributed by atoms with Gasteiger partial charge in [-0.2, -0.15) is 0 Å². The first kappa shape index (κ1) is 13.7. The minimum atomic E-state index is 0.0503. The van der Waals surface area contributed by atoms with Gasteiger partial charge in [-0.1, -0.05) is 17.7 Å². The van der Waals surface area contributed by atoms with E-state index in [4.69, 9.17) is 0 Å². The Bertz CT molecular complexity index is 572. The summed E-state index contributed by atoms with van der Waals surface area (Å²) in [5.41, 5.74) is 3.09. The van der Waals surface area contributed by atoms with E-state index in [1.807, 2.05) is 45.0 Å². The summed E-state index contributed by atoms with van der Waals surface area (Å²) in [5.74, 6) is 0.0503. The van der Waals surface area contributed by atoms with Crippen LogP contribution in [0.3, 0.4) is 0 Å². The normalized spacial score (nSPS) is 10.5. The second kappa shape index (κ2) is 5.97. The van der Waals surface area contributed by atoms with Gasteiger partial charge in [0.15, 0.2) is 0 Å². The third-order valence-electron chi connectivity index (χ3n) is 2.91. The van der Waals surface area contributed by atoms with E-state index >= 15 is 0 Å². The molecular formula is C15H18N2OS. The van der Waals surface area contributed by atoms with Crippen molar-refractivity contribution in [3.05, 3.63) is 45.4 Å². The molecule has 0 spiro atoms. The van der Waals surface area contributed by atoms with Gasteiger partial charge >= 0.3 is 0 Å². The number of carbonyl (C=O) groups is 1. The highest BCUT2D eigenvalue weighted by molar-refractivity contribution is 7.11. The molecule has 0 saturated carbocycles. The molecule has 0 unspecified atom stereocenters. The van der Waals surface area contributed by atoms with Crippen LogP contribution in [0.5, 0.6) is 0 Å². The third-order valence-corrected chi connectivity index (χ3v) is 4.05. The Morgan fingerprint density at radius 3 is 2.47 bits per heavy atom. The van der Waals surface area contributed by atoms with E-state index in [2.05, 4.69) is 10.3 Å². The molecule has 0 saturated heterocycles. The summed E-state index contributed by atoms with van der Waals surface area (Å²) in [6.45, 7) is 6.02. The lowest BCUT2D eigenvalue weighted by molar-refractivity contribution is -0.116. The summed E-state index contributed by atoms with van der Waals surface area (Å²) in [7, 11) is 0. The number of carbonyl (C=O) groups excluding carboxylic acids is 1. The fraction of sp³-hybridized carbons (Fsp3) is 0.333. The van der Waals surface area contributed by atoms with Crippen LogP contribution in [0.25, 0.3) is 0 Å². The van der Waals surface area contributed by atoms with Gasteiger partial charge in [0.2, 0.25) is 5.91 Å². The van der Waals surface area contributed by atoms with Gasteiger partial charge in [0.1, 0.15) is 0 Å². The predicted molar refractivity (Wildman–Crippen MR) is 79.7 cm³/mol. The topological polar surface area (TPSA) is 42.0 Å². The smallest absolute Gasteiger partial charge is 0.224 e. The van der Waals surface area contributed by atoms with Crippen LogP contribution in [-0.4, -0.2) is 10.9 Å². The van der Waals surface area contributed by atoms with Crippen LogP contribution in [0, 0.1) is 20.8 Å². The summed E-state index contributed by atoms with van der Waals surface area (Å²) in [6.07, 6.45) is 1.26. The average Bonchev–Trinajstić information content (AvgIpc) is 2.68. The zero-order valence-electron chi connectivity index (χ0n) is 11.5. The van der Waals surface area contributed by atoms with Gasteiger partial charge in [-0.25, -0.2) is 4.98 Å². The van der Waals surface area contributed by atoms with E-state index in [1.54, 1.807) is 11.3 Å². The van der Waals surface area contributed by atoms with Crippen molar-refractivity contribution in [3.8, 4) is 0 Å². The van der Waals surface area contributed by atoms with E-state index in [0.29, 0.717) is 6.42 Å². The first-order valence-electron chi connectivity index (χ1n) is 6.34. The van der Waals surface area contributed by atoms with Gasteiger partial charge in [0.25, 0.3) is 0 Å². The number of rotatable bonds is 4. The lowest BCUT2D eigenvalue weighted by Gasteiger charge is -2.05. The van der Waals surface area contributed by atoms with Crippen molar-refractivity contribution >= 4 is 22.9 Å². The molecule has 100 valence electrons. The van der Waals surface area contributed by atoms with E-state index < -0.39 is 0 Å². The van der Waals surface area contributed by atoms with Gasteiger partial charge in [0.05, 0.1) is 10.7 Å². The maximum atomic E-state index is 11.9. The largest absolute Gasteiger partial charge is 0.326 e. The number of benzene rings is 1. The maximum Gasteiger partial charge on any atom is 0.224 e. The molecule has 0 bridgehead atoms. The predicted octanol–water partition coefficient (Wildman–Crippen LogP) is 3.64. The van der Waals surface area contributed by atoms with E-state index in [9.17, 15) is 4.79 Å². The molecule has 1 heterocycles. The molecule has 1 amide bonds. The number of thiazole rings is 1. The van der Waals surface area contributed by atoms with Gasteiger partial charge < -0.3 is 5.32 Å². The Labute approximate surface area is 117 Å². The Hall–Kier alpha value is -1.68. The van der Waals surface area contributed by atoms with Crippen molar-refractivity contribution in [3.63, 3.8) is 0 Å². The highest BCUT2D eigenvalue weighted by Crippen LogP contribution is 2.19. The quantitative estimate of drug-likeness (QED) is 0.925. The van der Waals surface area contributed by atoms with Gasteiger partial charge in [-0.05, 0) is 39.3 Å². The summed E-state index contributed by atoms with van der Waals surface area (Å²) in [6, 6.07) is 7.84. The number of hydrogen-bond donors (Lipinski definition) is 1. The molecule has 2 rings (SSSR count). The Morgan fingerprint density at radius 1 is 1.21 bits per heavy atom. The number of aryl methyl sites for hydroxylation is 4. The van der Waals surface area contributed by atoms with Crippen molar-refractivity contribution < 1.29 is 4.79 Å². The first-order valence-corrected chi connectivity index (χ1v) is 7.15. The highest BCUT2D eigenvalue weighted by Gasteiger charge is 2.08. The van der Waals surface area contributed by atoms with Gasteiger partial charge in [-0.3, -0.25) is 4.79 Å². The number of nitrogens with one attached hydrogen (secondary N) is 1. The van der Waals surface area contributed by atoms with Crippen LogP contribution < -0.4 is 5.32 Å². The summed E-state index contributed by atoms with van der Waals surface area (Å²) in [5, 5.41) is 3.97. The van der Waals surface area contributed by atoms with E-state index in [0.717, 1.165) is 22.8 Å². The number of nitrogens with zero attached hydrogens (tertiary/aromatic N) is 1. The monoisotopic (exact) mass is 274 g/mol. The Morgan fingerprint density at radius 2 is 1.89 bits per heavy atom. The molecule has 1 aromatic carbocycles. The molecule has 1 N–H and O–H groups in total. The van der Waals surface area contributed by atoms with Gasteiger partial charge in [-0.15, -0.1) is 11.3 Å². The first-order chi connectivity index (χ1) is 9.04. The molecule has 19 heavy (non-hydrogen) atoms. The molecule has 0 aliphatic heterocycles. The number of amides is 1. The third kappa shape index (κ3) is 3.89. The molecule has 1 aromatic heterocycles. The molecule has 0 atom stereocenters. The van der Waals surface area contributed by atoms with Crippen LogP contribution in [0.1, 0.15) is 27.6 Å². The zero-order chi connectivity index (χ0) is 13.8. The fourth-order valence-corrected chi connectivity index (χ4v) is 2.83. The standard InChI is InChI=1S/C15H18N2OS/c1-10-4-6-13(7-5-10)17-15(18)9-8-14-11(2)16-12(3)19-14/h4-7H,8-9H2,1-3H3,(H,17,18). The summed E-state index contributed by atoms with van der Waals surface area (Å²) in [4.78, 5) is 17.4. The SMILES string of the molecule is Cc1ccc(NC(=O)CCc2sc(C)nc2C)cc1. The minimum absolute atomic E-state index is 0.0503. The molecule has 2 aromatic rings. The van der Waals surface area contributed by atoms with Crippen molar-refractivity contribution in [1.29, 1.82) is 0 Å². The molecule has 0 radical (unpaired) electrons. The van der Waals surface area contributed by atoms with Crippen LogP contribution in [-0.2, 0) is 11.2 Å². The molecule has 4 heteroatoms. The fourth-order valence-electron chi connectivity index (χ4n) is 1.89. The van der Waals surface area contributed by atoms with Crippen molar-refractivity contribution in [2.24, 2.45) is 0 Å².